The number of halogens is 1. The number of hydrogen-bond donors (Lipinski definition) is 3. The van der Waals surface area contributed by atoms with Crippen LogP contribution in [-0.2, 0) is 14.4 Å². The number of carbonyl (C=O) groups is 3. The molecule has 0 atom stereocenters. The van der Waals surface area contributed by atoms with Gasteiger partial charge in [0.25, 0.3) is 5.91 Å². The van der Waals surface area contributed by atoms with Gasteiger partial charge in [0.1, 0.15) is 5.75 Å². The molecule has 0 aliphatic rings. The molecule has 0 aromatic heterocycles. The molecule has 2 aromatic rings. The molecule has 0 bridgehead atoms. The van der Waals surface area contributed by atoms with Crippen LogP contribution in [-0.4, -0.2) is 30.0 Å². The average molecular weight is 475 g/mol. The molecule has 30 heavy (non-hydrogen) atoms. The van der Waals surface area contributed by atoms with Crippen molar-refractivity contribution in [2.45, 2.75) is 27.2 Å². The predicted octanol–water partition coefficient (Wildman–Crippen LogP) is 3.62. The largest absolute Gasteiger partial charge is 0.483 e. The molecule has 0 aliphatic heterocycles. The number of anilines is 2. The molecule has 2 rings (SSSR count). The maximum absolute atomic E-state index is 12.1. The van der Waals surface area contributed by atoms with Crippen molar-refractivity contribution < 1.29 is 19.1 Å². The number of amides is 3. The second-order valence-electron chi connectivity index (χ2n) is 6.56. The van der Waals surface area contributed by atoms with E-state index in [4.69, 9.17) is 4.74 Å². The summed E-state index contributed by atoms with van der Waals surface area (Å²) in [6.45, 7) is 4.75. The van der Waals surface area contributed by atoms with Gasteiger partial charge in [0.2, 0.25) is 11.8 Å². The maximum atomic E-state index is 12.1. The quantitative estimate of drug-likeness (QED) is 0.400. The summed E-state index contributed by atoms with van der Waals surface area (Å²) in [5.41, 5.74) is 4.94. The summed E-state index contributed by atoms with van der Waals surface area (Å²) in [5.74, 6) is -0.263. The predicted molar refractivity (Wildman–Crippen MR) is 120 cm³/mol. The molecule has 0 heterocycles. The number of hydrogen-bond acceptors (Lipinski definition) is 5. The molecule has 0 aliphatic carbocycles. The van der Waals surface area contributed by atoms with Crippen LogP contribution < -0.4 is 20.8 Å². The van der Waals surface area contributed by atoms with Crippen LogP contribution in [0.3, 0.4) is 0 Å². The second kappa shape index (κ2) is 11.1. The number of nitrogens with one attached hydrogen (secondary N) is 3. The van der Waals surface area contributed by atoms with Crippen LogP contribution in [0.15, 0.2) is 52.0 Å². The van der Waals surface area contributed by atoms with Crippen LogP contribution in [0.2, 0.25) is 0 Å². The van der Waals surface area contributed by atoms with Gasteiger partial charge in [-0.2, -0.15) is 5.10 Å². The fraction of sp³-hybridized carbons (Fsp3) is 0.238. The van der Waals surface area contributed by atoms with Crippen molar-refractivity contribution in [2.24, 2.45) is 5.10 Å². The van der Waals surface area contributed by atoms with Gasteiger partial charge < -0.3 is 15.4 Å². The molecular formula is C21H23BrN4O4. The minimum absolute atomic E-state index is 0.0143. The number of hydrazone groups is 1. The summed E-state index contributed by atoms with van der Waals surface area (Å²) in [5, 5.41) is 9.30. The van der Waals surface area contributed by atoms with E-state index in [9.17, 15) is 14.4 Å². The van der Waals surface area contributed by atoms with E-state index in [2.05, 4.69) is 37.1 Å². The summed E-state index contributed by atoms with van der Waals surface area (Å²) in [4.78, 5) is 35.0. The first-order valence-corrected chi connectivity index (χ1v) is 9.90. The number of ether oxygens (including phenoxy) is 1. The Kier molecular flexibility index (Phi) is 8.54. The third kappa shape index (κ3) is 8.04. The standard InChI is InChI=1S/C21H23BrN4O4/c1-13-10-16(22)4-9-19(13)30-12-21(29)26-25-14(2)11-20(28)24-18-7-5-17(6-8-18)23-15(3)27/h4-10H,11-12H2,1-3H3,(H,23,27)(H,24,28)(H,26,29)/b25-14-. The number of rotatable bonds is 8. The number of benzene rings is 2. The molecule has 0 spiro atoms. The van der Waals surface area contributed by atoms with E-state index in [1.165, 1.54) is 6.92 Å². The van der Waals surface area contributed by atoms with Crippen molar-refractivity contribution in [3.8, 4) is 5.75 Å². The maximum Gasteiger partial charge on any atom is 0.277 e. The molecule has 3 amide bonds. The van der Waals surface area contributed by atoms with Gasteiger partial charge in [-0.1, -0.05) is 15.9 Å². The fourth-order valence-corrected chi connectivity index (χ4v) is 2.90. The van der Waals surface area contributed by atoms with Gasteiger partial charge in [-0.25, -0.2) is 5.43 Å². The summed E-state index contributed by atoms with van der Waals surface area (Å²) in [6, 6.07) is 12.2. The molecule has 3 N–H and O–H groups in total. The van der Waals surface area contributed by atoms with Crippen molar-refractivity contribution in [2.75, 3.05) is 17.2 Å². The third-order valence-corrected chi connectivity index (χ3v) is 4.27. The zero-order valence-corrected chi connectivity index (χ0v) is 18.5. The monoisotopic (exact) mass is 474 g/mol. The van der Waals surface area contributed by atoms with Crippen molar-refractivity contribution in [3.63, 3.8) is 0 Å². The van der Waals surface area contributed by atoms with Gasteiger partial charge in [0.05, 0.1) is 6.42 Å². The highest BCUT2D eigenvalue weighted by Gasteiger charge is 2.08. The normalized spacial score (nSPS) is 10.9. The Morgan fingerprint density at radius 3 is 2.20 bits per heavy atom. The Labute approximate surface area is 183 Å². The zero-order chi connectivity index (χ0) is 22.1. The number of aryl methyl sites for hydroxylation is 1. The Morgan fingerprint density at radius 1 is 0.967 bits per heavy atom. The minimum atomic E-state index is -0.425. The molecule has 8 nitrogen and oxygen atoms in total. The molecule has 0 saturated carbocycles. The van der Waals surface area contributed by atoms with Crippen LogP contribution in [0.4, 0.5) is 11.4 Å². The summed E-state index contributed by atoms with van der Waals surface area (Å²) < 4.78 is 6.40. The van der Waals surface area contributed by atoms with Crippen molar-refractivity contribution in [3.05, 3.63) is 52.5 Å². The number of nitrogens with zero attached hydrogens (tertiary/aromatic N) is 1. The second-order valence-corrected chi connectivity index (χ2v) is 7.48. The lowest BCUT2D eigenvalue weighted by molar-refractivity contribution is -0.123. The van der Waals surface area contributed by atoms with Crippen molar-refractivity contribution in [1.82, 2.24) is 5.43 Å². The van der Waals surface area contributed by atoms with E-state index in [0.29, 0.717) is 22.8 Å². The van der Waals surface area contributed by atoms with Crippen molar-refractivity contribution >= 4 is 50.7 Å². The molecule has 2 aromatic carbocycles. The molecule has 158 valence electrons. The molecule has 9 heteroatoms. The van der Waals surface area contributed by atoms with Gasteiger partial charge >= 0.3 is 0 Å². The van der Waals surface area contributed by atoms with Gasteiger partial charge in [0, 0.05) is 28.5 Å². The van der Waals surface area contributed by atoms with Crippen LogP contribution in [0.25, 0.3) is 0 Å². The van der Waals surface area contributed by atoms with Gasteiger partial charge in [-0.15, -0.1) is 0 Å². The van der Waals surface area contributed by atoms with E-state index in [-0.39, 0.29) is 24.8 Å². The Bertz CT molecular complexity index is 958. The van der Waals surface area contributed by atoms with E-state index < -0.39 is 5.91 Å². The molecule has 0 saturated heterocycles. The van der Waals surface area contributed by atoms with Crippen LogP contribution in [0, 0.1) is 6.92 Å². The summed E-state index contributed by atoms with van der Waals surface area (Å²) in [6.07, 6.45) is 0.0143. The Morgan fingerprint density at radius 2 is 1.60 bits per heavy atom. The van der Waals surface area contributed by atoms with E-state index in [1.54, 1.807) is 37.3 Å². The lowest BCUT2D eigenvalue weighted by Crippen LogP contribution is -2.26. The van der Waals surface area contributed by atoms with E-state index in [1.807, 2.05) is 19.1 Å². The lowest BCUT2D eigenvalue weighted by Gasteiger charge is -2.09. The topological polar surface area (TPSA) is 109 Å². The highest BCUT2D eigenvalue weighted by Crippen LogP contribution is 2.22. The molecule has 0 fully saturated rings. The fourth-order valence-electron chi connectivity index (χ4n) is 2.43. The Hall–Kier alpha value is -3.20. The van der Waals surface area contributed by atoms with E-state index >= 15 is 0 Å². The van der Waals surface area contributed by atoms with Crippen LogP contribution in [0.1, 0.15) is 25.8 Å². The van der Waals surface area contributed by atoms with Gasteiger partial charge in [-0.05, 0) is 61.9 Å². The highest BCUT2D eigenvalue weighted by atomic mass is 79.9. The highest BCUT2D eigenvalue weighted by molar-refractivity contribution is 9.10. The number of carbonyl (C=O) groups excluding carboxylic acids is 3. The van der Waals surface area contributed by atoms with Gasteiger partial charge in [0.15, 0.2) is 6.61 Å². The zero-order valence-electron chi connectivity index (χ0n) is 16.9. The first-order valence-electron chi connectivity index (χ1n) is 9.11. The van der Waals surface area contributed by atoms with Gasteiger partial charge in [-0.3, -0.25) is 14.4 Å². The molecular weight excluding hydrogens is 452 g/mol. The average Bonchev–Trinajstić information content (AvgIpc) is 2.66. The third-order valence-electron chi connectivity index (χ3n) is 3.77. The van der Waals surface area contributed by atoms with Crippen molar-refractivity contribution in [1.29, 1.82) is 0 Å². The SMILES string of the molecule is CC(=O)Nc1ccc(NC(=O)C/C(C)=N\NC(=O)COc2ccc(Br)cc2C)cc1. The summed E-state index contributed by atoms with van der Waals surface area (Å²) >= 11 is 3.37. The Balaban J connectivity index is 1.77. The van der Waals surface area contributed by atoms with Crippen LogP contribution >= 0.6 is 15.9 Å². The molecule has 0 unspecified atom stereocenters. The van der Waals surface area contributed by atoms with Crippen LogP contribution in [0.5, 0.6) is 5.75 Å². The first kappa shape index (κ1) is 23.1. The first-order chi connectivity index (χ1) is 14.2. The lowest BCUT2D eigenvalue weighted by atomic mass is 10.2. The minimum Gasteiger partial charge on any atom is -0.483 e. The van der Waals surface area contributed by atoms with E-state index in [0.717, 1.165) is 10.0 Å². The summed E-state index contributed by atoms with van der Waals surface area (Å²) in [7, 11) is 0. The smallest absolute Gasteiger partial charge is 0.277 e. The molecule has 0 radical (unpaired) electrons.